The van der Waals surface area contributed by atoms with E-state index in [9.17, 15) is 4.79 Å². The van der Waals surface area contributed by atoms with Crippen LogP contribution in [0.15, 0.2) is 71.3 Å². The highest BCUT2D eigenvalue weighted by Gasteiger charge is 2.13. The van der Waals surface area contributed by atoms with E-state index in [2.05, 4.69) is 34.7 Å². The van der Waals surface area contributed by atoms with E-state index in [0.717, 1.165) is 39.3 Å². The summed E-state index contributed by atoms with van der Waals surface area (Å²) in [5.74, 6) is 1.50. The zero-order valence-corrected chi connectivity index (χ0v) is 18.0. The van der Waals surface area contributed by atoms with E-state index in [1.807, 2.05) is 63.2 Å². The molecule has 0 aliphatic heterocycles. The molecule has 0 saturated carbocycles. The molecule has 4 rings (SSSR count). The van der Waals surface area contributed by atoms with Crippen LogP contribution in [-0.4, -0.2) is 11.1 Å². The van der Waals surface area contributed by atoms with Gasteiger partial charge in [-0.25, -0.2) is 0 Å². The van der Waals surface area contributed by atoms with Gasteiger partial charge in [0, 0.05) is 0 Å². The summed E-state index contributed by atoms with van der Waals surface area (Å²) in [6, 6.07) is 21.9. The lowest BCUT2D eigenvalue weighted by Crippen LogP contribution is -2.28. The number of nitrogens with zero attached hydrogens (tertiary/aromatic N) is 1. The highest BCUT2D eigenvalue weighted by atomic mass is 16.5. The van der Waals surface area contributed by atoms with Crippen LogP contribution in [0, 0.1) is 13.8 Å². The lowest BCUT2D eigenvalue weighted by Gasteiger charge is -2.17. The van der Waals surface area contributed by atoms with Crippen molar-refractivity contribution in [3.8, 4) is 5.75 Å². The van der Waals surface area contributed by atoms with E-state index in [1.54, 1.807) is 0 Å². The molecule has 3 aromatic carbocycles. The maximum absolute atomic E-state index is 12.6. The van der Waals surface area contributed by atoms with Crippen molar-refractivity contribution >= 4 is 16.7 Å². The number of nitrogens with one attached hydrogen (secondary N) is 1. The Hall–Kier alpha value is -3.60. The van der Waals surface area contributed by atoms with E-state index < -0.39 is 0 Å². The van der Waals surface area contributed by atoms with Crippen molar-refractivity contribution < 1.29 is 14.1 Å². The Morgan fingerprint density at radius 2 is 1.77 bits per heavy atom. The smallest absolute Gasteiger partial charge is 0.224 e. The number of benzene rings is 3. The lowest BCUT2D eigenvalue weighted by molar-refractivity contribution is -0.121. The van der Waals surface area contributed by atoms with Gasteiger partial charge in [0.2, 0.25) is 5.91 Å². The predicted molar refractivity (Wildman–Crippen MR) is 121 cm³/mol. The van der Waals surface area contributed by atoms with Gasteiger partial charge in [-0.05, 0) is 54.8 Å². The fourth-order valence-corrected chi connectivity index (χ4v) is 3.75. The van der Waals surface area contributed by atoms with Gasteiger partial charge in [-0.1, -0.05) is 59.8 Å². The Morgan fingerprint density at radius 3 is 2.52 bits per heavy atom. The van der Waals surface area contributed by atoms with Gasteiger partial charge in [0.15, 0.2) is 0 Å². The Labute approximate surface area is 182 Å². The summed E-state index contributed by atoms with van der Waals surface area (Å²) in [4.78, 5) is 12.6. The maximum Gasteiger partial charge on any atom is 0.224 e. The first-order chi connectivity index (χ1) is 15.0. The number of amides is 1. The molecule has 4 aromatic rings. The second kappa shape index (κ2) is 9.04. The quantitative estimate of drug-likeness (QED) is 0.437. The molecule has 0 aliphatic rings. The van der Waals surface area contributed by atoms with Crippen LogP contribution in [0.3, 0.4) is 0 Å². The molecule has 0 saturated heterocycles. The second-order valence-corrected chi connectivity index (χ2v) is 7.77. The molecule has 31 heavy (non-hydrogen) atoms. The average Bonchev–Trinajstić information content (AvgIpc) is 3.10. The first-order valence-corrected chi connectivity index (χ1v) is 10.4. The van der Waals surface area contributed by atoms with Gasteiger partial charge >= 0.3 is 0 Å². The molecule has 1 amide bonds. The standard InChI is InChI=1S/C26H26N2O3/c1-17(23-10-6-8-21-7-4-5-9-24(21)23)27-26(29)15-20-11-13-22(14-12-20)30-16-25-18(2)28-31-19(25)3/h4-14,17H,15-16H2,1-3H3,(H,27,29)/t17-/m0/s1. The van der Waals surface area contributed by atoms with E-state index in [-0.39, 0.29) is 11.9 Å². The molecule has 0 bridgehead atoms. The van der Waals surface area contributed by atoms with Crippen molar-refractivity contribution in [3.05, 3.63) is 94.9 Å². The highest BCUT2D eigenvalue weighted by Crippen LogP contribution is 2.24. The summed E-state index contributed by atoms with van der Waals surface area (Å²) in [6.45, 7) is 6.20. The molecule has 1 heterocycles. The largest absolute Gasteiger partial charge is 0.489 e. The summed E-state index contributed by atoms with van der Waals surface area (Å²) >= 11 is 0. The fourth-order valence-electron chi connectivity index (χ4n) is 3.75. The maximum atomic E-state index is 12.6. The Kier molecular flexibility index (Phi) is 6.03. The Morgan fingerprint density at radius 1 is 1.03 bits per heavy atom. The summed E-state index contributed by atoms with van der Waals surface area (Å²) in [7, 11) is 0. The first kappa shape index (κ1) is 20.7. The summed E-state index contributed by atoms with van der Waals surface area (Å²) in [6.07, 6.45) is 0.319. The molecule has 0 spiro atoms. The van der Waals surface area contributed by atoms with Gasteiger partial charge in [-0.15, -0.1) is 0 Å². The van der Waals surface area contributed by atoms with Gasteiger partial charge in [-0.2, -0.15) is 0 Å². The minimum atomic E-state index is -0.0729. The van der Waals surface area contributed by atoms with Crippen molar-refractivity contribution in [1.82, 2.24) is 10.5 Å². The molecule has 5 heteroatoms. The minimum absolute atomic E-state index is 0.00942. The number of carbonyl (C=O) groups excluding carboxylic acids is 1. The molecule has 1 aromatic heterocycles. The van der Waals surface area contributed by atoms with Crippen LogP contribution in [0.25, 0.3) is 10.8 Å². The normalized spacial score (nSPS) is 12.0. The van der Waals surface area contributed by atoms with Crippen molar-refractivity contribution in [1.29, 1.82) is 0 Å². The number of carbonyl (C=O) groups is 1. The van der Waals surface area contributed by atoms with Crippen LogP contribution in [0.2, 0.25) is 0 Å². The number of aryl methyl sites for hydroxylation is 2. The van der Waals surface area contributed by atoms with E-state index in [0.29, 0.717) is 13.0 Å². The van der Waals surface area contributed by atoms with Crippen LogP contribution in [0.1, 0.15) is 41.1 Å². The minimum Gasteiger partial charge on any atom is -0.489 e. The van der Waals surface area contributed by atoms with Crippen LogP contribution >= 0.6 is 0 Å². The zero-order valence-electron chi connectivity index (χ0n) is 18.0. The monoisotopic (exact) mass is 414 g/mol. The molecule has 0 radical (unpaired) electrons. The summed E-state index contributed by atoms with van der Waals surface area (Å²) in [5.41, 5.74) is 3.86. The Bertz CT molecular complexity index is 1170. The number of aromatic nitrogens is 1. The predicted octanol–water partition coefficient (Wildman–Crippen LogP) is 5.44. The molecular weight excluding hydrogens is 388 g/mol. The van der Waals surface area contributed by atoms with Gasteiger partial charge in [0.1, 0.15) is 18.1 Å². The molecule has 0 unspecified atom stereocenters. The lowest BCUT2D eigenvalue weighted by atomic mass is 9.99. The van der Waals surface area contributed by atoms with Gasteiger partial charge in [0.05, 0.1) is 23.7 Å². The van der Waals surface area contributed by atoms with Gasteiger partial charge in [0.25, 0.3) is 0 Å². The van der Waals surface area contributed by atoms with Crippen LogP contribution in [0.5, 0.6) is 5.75 Å². The molecule has 1 atom stereocenters. The van der Waals surface area contributed by atoms with Crippen LogP contribution in [-0.2, 0) is 17.8 Å². The number of fused-ring (bicyclic) bond motifs is 1. The molecular formula is C26H26N2O3. The molecule has 158 valence electrons. The molecule has 5 nitrogen and oxygen atoms in total. The van der Waals surface area contributed by atoms with Crippen molar-refractivity contribution in [2.75, 3.05) is 0 Å². The Balaban J connectivity index is 1.35. The number of ether oxygens (including phenoxy) is 1. The van der Waals surface area contributed by atoms with Gasteiger partial charge < -0.3 is 14.6 Å². The van der Waals surface area contributed by atoms with E-state index in [4.69, 9.17) is 9.26 Å². The third-order valence-corrected chi connectivity index (χ3v) is 5.52. The second-order valence-electron chi connectivity index (χ2n) is 7.77. The molecule has 1 N–H and O–H groups in total. The fraction of sp³-hybridized carbons (Fsp3) is 0.231. The van der Waals surface area contributed by atoms with E-state index in [1.165, 1.54) is 5.39 Å². The van der Waals surface area contributed by atoms with Crippen molar-refractivity contribution in [2.45, 2.75) is 39.8 Å². The average molecular weight is 415 g/mol. The summed E-state index contributed by atoms with van der Waals surface area (Å²) in [5, 5.41) is 9.40. The molecule has 0 fully saturated rings. The van der Waals surface area contributed by atoms with Crippen molar-refractivity contribution in [2.24, 2.45) is 0 Å². The zero-order chi connectivity index (χ0) is 21.8. The number of hydrogen-bond acceptors (Lipinski definition) is 4. The first-order valence-electron chi connectivity index (χ1n) is 10.4. The molecule has 0 aliphatic carbocycles. The third-order valence-electron chi connectivity index (χ3n) is 5.52. The number of rotatable bonds is 7. The summed E-state index contributed by atoms with van der Waals surface area (Å²) < 4.78 is 11.0. The van der Waals surface area contributed by atoms with Crippen LogP contribution in [0.4, 0.5) is 0 Å². The topological polar surface area (TPSA) is 64.4 Å². The van der Waals surface area contributed by atoms with E-state index >= 15 is 0 Å². The van der Waals surface area contributed by atoms with Crippen molar-refractivity contribution in [3.63, 3.8) is 0 Å². The highest BCUT2D eigenvalue weighted by molar-refractivity contribution is 5.87. The number of hydrogen-bond donors (Lipinski definition) is 1. The third kappa shape index (κ3) is 4.77. The van der Waals surface area contributed by atoms with Crippen LogP contribution < -0.4 is 10.1 Å². The van der Waals surface area contributed by atoms with Gasteiger partial charge in [-0.3, -0.25) is 4.79 Å². The SMILES string of the molecule is Cc1noc(C)c1COc1ccc(CC(=O)N[C@@H](C)c2cccc3ccccc23)cc1.